The molecule has 0 radical (unpaired) electrons. The highest BCUT2D eigenvalue weighted by molar-refractivity contribution is 7.99. The van der Waals surface area contributed by atoms with Crippen LogP contribution in [0.4, 0.5) is 0 Å². The maximum atomic E-state index is 11.8. The third-order valence-corrected chi connectivity index (χ3v) is 3.80. The first-order valence-corrected chi connectivity index (χ1v) is 7.64. The first-order valence-electron chi connectivity index (χ1n) is 6.65. The van der Waals surface area contributed by atoms with Crippen molar-refractivity contribution in [1.29, 1.82) is 0 Å². The Hall–Kier alpha value is -1.76. The van der Waals surface area contributed by atoms with Gasteiger partial charge < -0.3 is 14.3 Å². The molecule has 0 aliphatic rings. The van der Waals surface area contributed by atoms with Crippen molar-refractivity contribution in [3.63, 3.8) is 0 Å². The highest BCUT2D eigenvalue weighted by Crippen LogP contribution is 2.25. The van der Waals surface area contributed by atoms with Crippen LogP contribution in [0.3, 0.4) is 0 Å². The molecule has 0 bridgehead atoms. The predicted molar refractivity (Wildman–Crippen MR) is 82.1 cm³/mol. The first-order chi connectivity index (χ1) is 9.78. The van der Waals surface area contributed by atoms with Gasteiger partial charge in [-0.3, -0.25) is 4.79 Å². The van der Waals surface area contributed by atoms with Crippen LogP contribution in [0, 0.1) is 6.92 Å². The van der Waals surface area contributed by atoms with E-state index in [1.54, 1.807) is 6.26 Å². The van der Waals surface area contributed by atoms with Gasteiger partial charge in [0.15, 0.2) is 11.0 Å². The Morgan fingerprint density at radius 3 is 2.71 bits per heavy atom. The Labute approximate surface area is 128 Å². The average Bonchev–Trinajstić information content (AvgIpc) is 2.91. The Morgan fingerprint density at radius 2 is 2.14 bits per heavy atom. The lowest BCUT2D eigenvalue weighted by Gasteiger charge is -2.20. The standard InChI is InChI=1S/C14H20N4O2S/c1-9-10(6-7-20-9)12-16-17-13(18(12)5)21-8-11(19)15-14(2,3)4/h6-7H,8H2,1-5H3,(H,15,19). The van der Waals surface area contributed by atoms with Crippen LogP contribution in [0.25, 0.3) is 11.4 Å². The minimum Gasteiger partial charge on any atom is -0.469 e. The fourth-order valence-corrected chi connectivity index (χ4v) is 2.59. The number of furan rings is 1. The molecular formula is C14H20N4O2S. The van der Waals surface area contributed by atoms with Crippen molar-refractivity contribution >= 4 is 17.7 Å². The average molecular weight is 308 g/mol. The molecule has 2 aromatic heterocycles. The minimum absolute atomic E-state index is 0.0171. The van der Waals surface area contributed by atoms with Crippen LogP contribution in [0.15, 0.2) is 21.9 Å². The summed E-state index contributed by atoms with van der Waals surface area (Å²) >= 11 is 1.37. The molecule has 0 aliphatic carbocycles. The second-order valence-corrected chi connectivity index (χ2v) is 6.79. The summed E-state index contributed by atoms with van der Waals surface area (Å²) in [5.74, 6) is 1.83. The summed E-state index contributed by atoms with van der Waals surface area (Å²) in [4.78, 5) is 11.8. The number of hydrogen-bond acceptors (Lipinski definition) is 5. The maximum absolute atomic E-state index is 11.8. The number of thioether (sulfide) groups is 1. The monoisotopic (exact) mass is 308 g/mol. The lowest BCUT2D eigenvalue weighted by Crippen LogP contribution is -2.41. The van der Waals surface area contributed by atoms with E-state index in [0.717, 1.165) is 17.1 Å². The van der Waals surface area contributed by atoms with Crippen molar-refractivity contribution in [2.24, 2.45) is 7.05 Å². The number of aryl methyl sites for hydroxylation is 1. The summed E-state index contributed by atoms with van der Waals surface area (Å²) in [5, 5.41) is 11.9. The molecular weight excluding hydrogens is 288 g/mol. The summed E-state index contributed by atoms with van der Waals surface area (Å²) in [6.45, 7) is 7.75. The van der Waals surface area contributed by atoms with E-state index in [4.69, 9.17) is 4.42 Å². The molecule has 1 amide bonds. The highest BCUT2D eigenvalue weighted by Gasteiger charge is 2.17. The fraction of sp³-hybridized carbons (Fsp3) is 0.500. The zero-order valence-electron chi connectivity index (χ0n) is 12.9. The Morgan fingerprint density at radius 1 is 1.43 bits per heavy atom. The lowest BCUT2D eigenvalue weighted by molar-refractivity contribution is -0.119. The van der Waals surface area contributed by atoms with Gasteiger partial charge in [0, 0.05) is 12.6 Å². The lowest BCUT2D eigenvalue weighted by atomic mass is 10.1. The molecule has 114 valence electrons. The summed E-state index contributed by atoms with van der Waals surface area (Å²) in [7, 11) is 1.88. The van der Waals surface area contributed by atoms with E-state index < -0.39 is 0 Å². The fourth-order valence-electron chi connectivity index (χ4n) is 1.88. The highest BCUT2D eigenvalue weighted by atomic mass is 32.2. The third kappa shape index (κ3) is 3.87. The number of carbonyl (C=O) groups is 1. The van der Waals surface area contributed by atoms with Crippen LogP contribution in [0.2, 0.25) is 0 Å². The Balaban J connectivity index is 2.05. The SMILES string of the molecule is Cc1occc1-c1nnc(SCC(=O)NC(C)(C)C)n1C. The summed E-state index contributed by atoms with van der Waals surface area (Å²) in [6, 6.07) is 1.86. The smallest absolute Gasteiger partial charge is 0.230 e. The van der Waals surface area contributed by atoms with Gasteiger partial charge in [0.1, 0.15) is 5.76 Å². The number of carbonyl (C=O) groups excluding carboxylic acids is 1. The molecule has 0 saturated carbocycles. The Bertz CT molecular complexity index is 640. The topological polar surface area (TPSA) is 72.9 Å². The van der Waals surface area contributed by atoms with Crippen molar-refractivity contribution in [2.45, 2.75) is 38.4 Å². The van der Waals surface area contributed by atoms with E-state index >= 15 is 0 Å². The molecule has 0 fully saturated rings. The van der Waals surface area contributed by atoms with Crippen molar-refractivity contribution in [1.82, 2.24) is 20.1 Å². The second-order valence-electron chi connectivity index (χ2n) is 5.84. The van der Waals surface area contributed by atoms with E-state index in [9.17, 15) is 4.79 Å². The zero-order chi connectivity index (χ0) is 15.6. The van der Waals surface area contributed by atoms with Gasteiger partial charge in [0.25, 0.3) is 0 Å². The molecule has 0 saturated heterocycles. The van der Waals surface area contributed by atoms with E-state index in [0.29, 0.717) is 10.9 Å². The van der Waals surface area contributed by atoms with Gasteiger partial charge in [-0.1, -0.05) is 11.8 Å². The summed E-state index contributed by atoms with van der Waals surface area (Å²) < 4.78 is 7.15. The van der Waals surface area contributed by atoms with Crippen molar-refractivity contribution in [3.05, 3.63) is 18.1 Å². The van der Waals surface area contributed by atoms with Crippen LogP contribution in [0.1, 0.15) is 26.5 Å². The third-order valence-electron chi connectivity index (χ3n) is 2.78. The molecule has 0 atom stereocenters. The molecule has 6 nitrogen and oxygen atoms in total. The molecule has 21 heavy (non-hydrogen) atoms. The van der Waals surface area contributed by atoms with Crippen LogP contribution >= 0.6 is 11.8 Å². The number of nitrogens with one attached hydrogen (secondary N) is 1. The van der Waals surface area contributed by atoms with Gasteiger partial charge in [-0.2, -0.15) is 0 Å². The maximum Gasteiger partial charge on any atom is 0.230 e. The number of aromatic nitrogens is 3. The van der Waals surface area contributed by atoms with E-state index in [-0.39, 0.29) is 11.4 Å². The normalized spacial score (nSPS) is 11.7. The van der Waals surface area contributed by atoms with Gasteiger partial charge in [0.05, 0.1) is 17.6 Å². The van der Waals surface area contributed by atoms with E-state index in [1.807, 2.05) is 45.4 Å². The predicted octanol–water partition coefficient (Wildman–Crippen LogP) is 2.39. The molecule has 2 rings (SSSR count). The molecule has 7 heteroatoms. The summed E-state index contributed by atoms with van der Waals surface area (Å²) in [5.41, 5.74) is 0.687. The largest absolute Gasteiger partial charge is 0.469 e. The van der Waals surface area contributed by atoms with Gasteiger partial charge in [0.2, 0.25) is 5.91 Å². The first kappa shape index (κ1) is 15.6. The van der Waals surface area contributed by atoms with Crippen LogP contribution in [0.5, 0.6) is 0 Å². The summed E-state index contributed by atoms with van der Waals surface area (Å²) in [6.07, 6.45) is 1.63. The van der Waals surface area contributed by atoms with Crippen molar-refractivity contribution < 1.29 is 9.21 Å². The molecule has 2 heterocycles. The van der Waals surface area contributed by atoms with Crippen LogP contribution in [-0.2, 0) is 11.8 Å². The van der Waals surface area contributed by atoms with E-state index in [1.165, 1.54) is 11.8 Å². The number of amides is 1. The molecule has 2 aromatic rings. The van der Waals surface area contributed by atoms with Gasteiger partial charge >= 0.3 is 0 Å². The number of hydrogen-bond donors (Lipinski definition) is 1. The van der Waals surface area contributed by atoms with Crippen LogP contribution in [-0.4, -0.2) is 32.0 Å². The molecule has 1 N–H and O–H groups in total. The van der Waals surface area contributed by atoms with Gasteiger partial charge in [-0.15, -0.1) is 10.2 Å². The van der Waals surface area contributed by atoms with Gasteiger partial charge in [-0.05, 0) is 33.8 Å². The number of nitrogens with zero attached hydrogens (tertiary/aromatic N) is 3. The molecule has 0 aromatic carbocycles. The van der Waals surface area contributed by atoms with Gasteiger partial charge in [-0.25, -0.2) is 0 Å². The van der Waals surface area contributed by atoms with Crippen molar-refractivity contribution in [3.8, 4) is 11.4 Å². The Kier molecular flexibility index (Phi) is 4.41. The zero-order valence-corrected chi connectivity index (χ0v) is 13.7. The molecule has 0 aliphatic heterocycles. The second kappa shape index (κ2) is 5.93. The van der Waals surface area contributed by atoms with Crippen LogP contribution < -0.4 is 5.32 Å². The molecule has 0 spiro atoms. The quantitative estimate of drug-likeness (QED) is 0.878. The molecule has 0 unspecified atom stereocenters. The number of rotatable bonds is 4. The van der Waals surface area contributed by atoms with E-state index in [2.05, 4.69) is 15.5 Å². The van der Waals surface area contributed by atoms with Crippen molar-refractivity contribution in [2.75, 3.05) is 5.75 Å². The minimum atomic E-state index is -0.226.